The van der Waals surface area contributed by atoms with Crippen molar-refractivity contribution in [2.45, 2.75) is 0 Å². The number of pyridine rings is 1. The van der Waals surface area contributed by atoms with Crippen molar-refractivity contribution in [2.24, 2.45) is 5.84 Å². The van der Waals surface area contributed by atoms with Gasteiger partial charge in [-0.05, 0) is 24.3 Å². The summed E-state index contributed by atoms with van der Waals surface area (Å²) in [7, 11) is 0. The molecule has 1 aromatic carbocycles. The number of aromatic nitrogens is 2. The molecule has 0 spiro atoms. The highest BCUT2D eigenvalue weighted by Crippen LogP contribution is 2.30. The van der Waals surface area contributed by atoms with Crippen molar-refractivity contribution < 1.29 is 4.79 Å². The molecule has 0 bridgehead atoms. The molecular formula is C13H10N4OS. The number of nitrogen functional groups attached to an aromatic ring is 1. The van der Waals surface area contributed by atoms with Crippen LogP contribution >= 0.6 is 11.3 Å². The molecule has 0 unspecified atom stereocenters. The number of benzene rings is 1. The fourth-order valence-corrected chi connectivity index (χ4v) is 2.79. The first-order valence-electron chi connectivity index (χ1n) is 5.61. The summed E-state index contributed by atoms with van der Waals surface area (Å²) in [4.78, 5) is 20.5. The lowest BCUT2D eigenvalue weighted by Crippen LogP contribution is -2.30. The second kappa shape index (κ2) is 4.75. The zero-order chi connectivity index (χ0) is 13.2. The number of para-hydroxylation sites is 1. The molecule has 6 heteroatoms. The highest BCUT2D eigenvalue weighted by molar-refractivity contribution is 7.21. The fraction of sp³-hybridized carbons (Fsp3) is 0. The molecule has 0 radical (unpaired) electrons. The number of rotatable bonds is 2. The second-order valence-corrected chi connectivity index (χ2v) is 4.89. The van der Waals surface area contributed by atoms with E-state index in [1.807, 2.05) is 24.3 Å². The molecule has 0 aliphatic rings. The van der Waals surface area contributed by atoms with Gasteiger partial charge in [-0.25, -0.2) is 10.8 Å². The molecule has 5 nitrogen and oxygen atoms in total. The van der Waals surface area contributed by atoms with Crippen molar-refractivity contribution in [3.8, 4) is 10.7 Å². The maximum Gasteiger partial charge on any atom is 0.267 e. The molecule has 0 atom stereocenters. The van der Waals surface area contributed by atoms with E-state index in [0.29, 0.717) is 16.3 Å². The molecule has 0 saturated heterocycles. The van der Waals surface area contributed by atoms with E-state index in [1.54, 1.807) is 18.3 Å². The number of fused-ring (bicyclic) bond motifs is 1. The first-order chi connectivity index (χ1) is 9.29. The Kier molecular flexibility index (Phi) is 2.94. The topological polar surface area (TPSA) is 80.9 Å². The Hall–Kier alpha value is -2.31. The summed E-state index contributed by atoms with van der Waals surface area (Å²) in [5, 5.41) is 0.709. The third kappa shape index (κ3) is 2.07. The highest BCUT2D eigenvalue weighted by atomic mass is 32.1. The Balaban J connectivity index is 2.18. The first-order valence-corrected chi connectivity index (χ1v) is 6.43. The SMILES string of the molecule is NNC(=O)c1cccnc1-c1nc2ccccc2s1. The van der Waals surface area contributed by atoms with Crippen molar-refractivity contribution in [2.75, 3.05) is 0 Å². The van der Waals surface area contributed by atoms with Crippen LogP contribution in [-0.2, 0) is 0 Å². The largest absolute Gasteiger partial charge is 0.290 e. The van der Waals surface area contributed by atoms with Crippen LogP contribution in [0.4, 0.5) is 0 Å². The van der Waals surface area contributed by atoms with Gasteiger partial charge in [-0.15, -0.1) is 11.3 Å². The zero-order valence-electron chi connectivity index (χ0n) is 9.83. The van der Waals surface area contributed by atoms with Crippen LogP contribution in [0.3, 0.4) is 0 Å². The van der Waals surface area contributed by atoms with Crippen LogP contribution in [0.25, 0.3) is 20.9 Å². The van der Waals surface area contributed by atoms with Gasteiger partial charge in [0.2, 0.25) is 0 Å². The first kappa shape index (κ1) is 11.8. The lowest BCUT2D eigenvalue weighted by atomic mass is 10.2. The summed E-state index contributed by atoms with van der Waals surface area (Å²) < 4.78 is 1.06. The molecular weight excluding hydrogens is 260 g/mol. The quantitative estimate of drug-likeness (QED) is 0.424. The molecule has 1 amide bonds. The number of hydrogen-bond acceptors (Lipinski definition) is 5. The van der Waals surface area contributed by atoms with Gasteiger partial charge in [-0.2, -0.15) is 0 Å². The van der Waals surface area contributed by atoms with Crippen LogP contribution in [0, 0.1) is 0 Å². The Morgan fingerprint density at radius 1 is 1.21 bits per heavy atom. The van der Waals surface area contributed by atoms with E-state index in [-0.39, 0.29) is 5.91 Å². The molecule has 0 aliphatic carbocycles. The lowest BCUT2D eigenvalue weighted by Gasteiger charge is -2.03. The normalized spacial score (nSPS) is 10.6. The van der Waals surface area contributed by atoms with E-state index in [9.17, 15) is 4.79 Å². The third-order valence-electron chi connectivity index (χ3n) is 2.68. The van der Waals surface area contributed by atoms with Crippen LogP contribution in [0.15, 0.2) is 42.6 Å². The van der Waals surface area contributed by atoms with Gasteiger partial charge in [0.05, 0.1) is 15.8 Å². The van der Waals surface area contributed by atoms with E-state index in [0.717, 1.165) is 10.2 Å². The molecule has 0 fully saturated rings. The number of amides is 1. The van der Waals surface area contributed by atoms with Crippen molar-refractivity contribution in [3.05, 3.63) is 48.2 Å². The number of hydrazine groups is 1. The van der Waals surface area contributed by atoms with Crippen molar-refractivity contribution in [1.82, 2.24) is 15.4 Å². The molecule has 0 saturated carbocycles. The monoisotopic (exact) mass is 270 g/mol. The van der Waals surface area contributed by atoms with E-state index >= 15 is 0 Å². The predicted molar refractivity (Wildman–Crippen MR) is 74.5 cm³/mol. The van der Waals surface area contributed by atoms with Crippen LogP contribution in [-0.4, -0.2) is 15.9 Å². The van der Waals surface area contributed by atoms with Crippen LogP contribution in [0.1, 0.15) is 10.4 Å². The van der Waals surface area contributed by atoms with Crippen molar-refractivity contribution in [3.63, 3.8) is 0 Å². The smallest absolute Gasteiger partial charge is 0.267 e. The van der Waals surface area contributed by atoms with Crippen LogP contribution < -0.4 is 11.3 Å². The number of nitrogens with two attached hydrogens (primary N) is 1. The number of hydrogen-bond donors (Lipinski definition) is 2. The van der Waals surface area contributed by atoms with Gasteiger partial charge in [0.15, 0.2) is 0 Å². The minimum atomic E-state index is -0.373. The number of nitrogens with zero attached hydrogens (tertiary/aromatic N) is 2. The number of nitrogens with one attached hydrogen (secondary N) is 1. The van der Waals surface area contributed by atoms with Gasteiger partial charge in [0.25, 0.3) is 5.91 Å². The summed E-state index contributed by atoms with van der Waals surface area (Å²) in [5.74, 6) is 4.81. The Morgan fingerprint density at radius 2 is 2.05 bits per heavy atom. The van der Waals surface area contributed by atoms with Gasteiger partial charge >= 0.3 is 0 Å². The average molecular weight is 270 g/mol. The minimum absolute atomic E-state index is 0.373. The molecule has 3 N–H and O–H groups in total. The lowest BCUT2D eigenvalue weighted by molar-refractivity contribution is 0.0954. The second-order valence-electron chi connectivity index (χ2n) is 3.86. The van der Waals surface area contributed by atoms with Gasteiger partial charge < -0.3 is 0 Å². The highest BCUT2D eigenvalue weighted by Gasteiger charge is 2.15. The van der Waals surface area contributed by atoms with Crippen molar-refractivity contribution in [1.29, 1.82) is 0 Å². The molecule has 94 valence electrons. The summed E-state index contributed by atoms with van der Waals surface area (Å²) in [5.41, 5.74) is 3.99. The Labute approximate surface area is 113 Å². The third-order valence-corrected chi connectivity index (χ3v) is 3.72. The fourth-order valence-electron chi connectivity index (χ4n) is 1.81. The minimum Gasteiger partial charge on any atom is -0.290 e. The van der Waals surface area contributed by atoms with Gasteiger partial charge in [0.1, 0.15) is 10.7 Å². The molecule has 2 heterocycles. The summed E-state index contributed by atoms with van der Waals surface area (Å²) in [6.07, 6.45) is 1.63. The molecule has 2 aromatic heterocycles. The number of thiazole rings is 1. The van der Waals surface area contributed by atoms with Gasteiger partial charge in [-0.3, -0.25) is 15.2 Å². The standard InChI is InChI=1S/C13H10N4OS/c14-17-12(18)8-4-3-7-15-11(8)13-16-9-5-1-2-6-10(9)19-13/h1-7H,14H2,(H,17,18). The maximum atomic E-state index is 11.7. The van der Waals surface area contributed by atoms with E-state index < -0.39 is 0 Å². The van der Waals surface area contributed by atoms with Gasteiger partial charge in [0, 0.05) is 6.20 Å². The molecule has 19 heavy (non-hydrogen) atoms. The summed E-state index contributed by atoms with van der Waals surface area (Å²) in [6.45, 7) is 0. The van der Waals surface area contributed by atoms with Crippen LogP contribution in [0.2, 0.25) is 0 Å². The molecule has 3 rings (SSSR count). The maximum absolute atomic E-state index is 11.7. The number of carbonyl (C=O) groups excluding carboxylic acids is 1. The van der Waals surface area contributed by atoms with E-state index in [1.165, 1.54) is 11.3 Å². The molecule has 0 aliphatic heterocycles. The Bertz CT molecular complexity index is 720. The van der Waals surface area contributed by atoms with Crippen LogP contribution in [0.5, 0.6) is 0 Å². The average Bonchev–Trinajstić information content (AvgIpc) is 2.90. The van der Waals surface area contributed by atoms with E-state index in [2.05, 4.69) is 15.4 Å². The van der Waals surface area contributed by atoms with Crippen molar-refractivity contribution >= 4 is 27.5 Å². The summed E-state index contributed by atoms with van der Waals surface area (Å²) in [6, 6.07) is 11.2. The number of carbonyl (C=O) groups is 1. The molecule has 3 aromatic rings. The Morgan fingerprint density at radius 3 is 2.84 bits per heavy atom. The zero-order valence-corrected chi connectivity index (χ0v) is 10.6. The van der Waals surface area contributed by atoms with Gasteiger partial charge in [-0.1, -0.05) is 12.1 Å². The van der Waals surface area contributed by atoms with E-state index in [4.69, 9.17) is 5.84 Å². The predicted octanol–water partition coefficient (Wildman–Crippen LogP) is 1.96. The summed E-state index contributed by atoms with van der Waals surface area (Å²) >= 11 is 1.50.